The third-order valence-electron chi connectivity index (χ3n) is 4.32. The van der Waals surface area contributed by atoms with Crippen LogP contribution in [0.5, 0.6) is 0 Å². The predicted molar refractivity (Wildman–Crippen MR) is 93.1 cm³/mol. The maximum Gasteiger partial charge on any atom is 0.0234 e. The van der Waals surface area contributed by atoms with Crippen LogP contribution in [0.15, 0.2) is 42.5 Å². The molecular formula is C18H25ClN2. The molecule has 0 saturated carbocycles. The second kappa shape index (κ2) is 7.79. The second-order valence-corrected chi connectivity index (χ2v) is 5.98. The normalized spacial score (nSPS) is 19.4. The Balaban J connectivity index is 0.00000161. The van der Waals surface area contributed by atoms with Gasteiger partial charge in [-0.3, -0.25) is 4.90 Å². The van der Waals surface area contributed by atoms with Crippen LogP contribution in [0.3, 0.4) is 0 Å². The number of likely N-dealkylation sites (tertiary alicyclic amines) is 1. The van der Waals surface area contributed by atoms with Gasteiger partial charge in [0.2, 0.25) is 0 Å². The number of nitrogens with zero attached hydrogens (tertiary/aromatic N) is 1. The van der Waals surface area contributed by atoms with Crippen molar-refractivity contribution in [1.29, 1.82) is 0 Å². The maximum absolute atomic E-state index is 3.32. The molecule has 0 radical (unpaired) electrons. The van der Waals surface area contributed by atoms with E-state index in [-0.39, 0.29) is 12.4 Å². The molecule has 21 heavy (non-hydrogen) atoms. The summed E-state index contributed by atoms with van der Waals surface area (Å²) in [5, 5.41) is 6.01. The Morgan fingerprint density at radius 3 is 2.76 bits per heavy atom. The van der Waals surface area contributed by atoms with Crippen molar-refractivity contribution in [3.8, 4) is 0 Å². The standard InChI is InChI=1S/C18H24N2.ClH/c1-19-12-16-5-4-10-20(14-16)13-15-8-9-17-6-2-3-7-18(17)11-15;/h2-3,6-9,11,16,19H,4-5,10,12-14H2,1H3;1H. The largest absolute Gasteiger partial charge is 0.319 e. The van der Waals surface area contributed by atoms with Crippen LogP contribution in [0.4, 0.5) is 0 Å². The van der Waals surface area contributed by atoms with Crippen LogP contribution in [0.2, 0.25) is 0 Å². The highest BCUT2D eigenvalue weighted by molar-refractivity contribution is 5.85. The number of rotatable bonds is 4. The molecular weight excluding hydrogens is 280 g/mol. The first-order chi connectivity index (χ1) is 9.85. The van der Waals surface area contributed by atoms with Gasteiger partial charge in [0.15, 0.2) is 0 Å². The van der Waals surface area contributed by atoms with E-state index in [4.69, 9.17) is 0 Å². The van der Waals surface area contributed by atoms with Crippen LogP contribution in [0.25, 0.3) is 10.8 Å². The Kier molecular flexibility index (Phi) is 6.04. The highest BCUT2D eigenvalue weighted by Crippen LogP contribution is 2.20. The predicted octanol–water partition coefficient (Wildman–Crippen LogP) is 3.69. The van der Waals surface area contributed by atoms with Crippen molar-refractivity contribution in [2.24, 2.45) is 5.92 Å². The van der Waals surface area contributed by atoms with E-state index in [1.807, 2.05) is 0 Å². The lowest BCUT2D eigenvalue weighted by Crippen LogP contribution is -2.38. The number of fused-ring (bicyclic) bond motifs is 1. The van der Waals surface area contributed by atoms with E-state index < -0.39 is 0 Å². The molecule has 1 atom stereocenters. The van der Waals surface area contributed by atoms with Gasteiger partial charge >= 0.3 is 0 Å². The molecule has 0 bridgehead atoms. The van der Waals surface area contributed by atoms with Crippen LogP contribution >= 0.6 is 12.4 Å². The quantitative estimate of drug-likeness (QED) is 0.926. The molecule has 1 aliphatic rings. The van der Waals surface area contributed by atoms with Crippen molar-refractivity contribution in [2.75, 3.05) is 26.7 Å². The summed E-state index contributed by atoms with van der Waals surface area (Å²) in [6.45, 7) is 4.71. The molecule has 1 saturated heterocycles. The summed E-state index contributed by atoms with van der Waals surface area (Å²) < 4.78 is 0. The lowest BCUT2D eigenvalue weighted by molar-refractivity contribution is 0.167. The Morgan fingerprint density at radius 2 is 1.95 bits per heavy atom. The fourth-order valence-corrected chi connectivity index (χ4v) is 3.35. The van der Waals surface area contributed by atoms with Crippen molar-refractivity contribution in [3.05, 3.63) is 48.0 Å². The third kappa shape index (κ3) is 4.19. The molecule has 1 N–H and O–H groups in total. The molecule has 2 aromatic carbocycles. The van der Waals surface area contributed by atoms with Crippen molar-refractivity contribution < 1.29 is 0 Å². The van der Waals surface area contributed by atoms with Crippen LogP contribution in [0.1, 0.15) is 18.4 Å². The van der Waals surface area contributed by atoms with Gasteiger partial charge in [0, 0.05) is 13.1 Å². The maximum atomic E-state index is 3.32. The smallest absolute Gasteiger partial charge is 0.0234 e. The zero-order chi connectivity index (χ0) is 13.8. The average Bonchev–Trinajstić information content (AvgIpc) is 2.48. The summed E-state index contributed by atoms with van der Waals surface area (Å²) in [5.74, 6) is 0.814. The first-order valence-corrected chi connectivity index (χ1v) is 7.70. The minimum atomic E-state index is 0. The highest BCUT2D eigenvalue weighted by Gasteiger charge is 2.19. The van der Waals surface area contributed by atoms with Gasteiger partial charge < -0.3 is 5.32 Å². The van der Waals surface area contributed by atoms with Gasteiger partial charge in [-0.2, -0.15) is 0 Å². The van der Waals surface area contributed by atoms with E-state index >= 15 is 0 Å². The summed E-state index contributed by atoms with van der Waals surface area (Å²) >= 11 is 0. The van der Waals surface area contributed by atoms with Crippen molar-refractivity contribution in [2.45, 2.75) is 19.4 Å². The molecule has 3 heteroatoms. The zero-order valence-corrected chi connectivity index (χ0v) is 13.5. The second-order valence-electron chi connectivity index (χ2n) is 5.98. The number of hydrogen-bond donors (Lipinski definition) is 1. The summed E-state index contributed by atoms with van der Waals surface area (Å²) in [6, 6.07) is 15.5. The molecule has 1 aliphatic heterocycles. The number of benzene rings is 2. The van der Waals surface area contributed by atoms with Crippen LogP contribution in [-0.2, 0) is 6.54 Å². The summed E-state index contributed by atoms with van der Waals surface area (Å²) in [7, 11) is 2.06. The number of hydrogen-bond acceptors (Lipinski definition) is 2. The molecule has 0 aromatic heterocycles. The first-order valence-electron chi connectivity index (χ1n) is 7.70. The van der Waals surface area contributed by atoms with E-state index in [1.54, 1.807) is 0 Å². The summed E-state index contributed by atoms with van der Waals surface area (Å²) in [6.07, 6.45) is 2.70. The Bertz CT molecular complexity index is 568. The van der Waals surface area contributed by atoms with Gasteiger partial charge in [-0.05, 0) is 61.3 Å². The Morgan fingerprint density at radius 1 is 1.14 bits per heavy atom. The van der Waals surface area contributed by atoms with E-state index in [1.165, 1.54) is 42.3 Å². The van der Waals surface area contributed by atoms with E-state index in [9.17, 15) is 0 Å². The molecule has 3 rings (SSSR count). The minimum absolute atomic E-state index is 0. The van der Waals surface area contributed by atoms with Crippen LogP contribution in [0, 0.1) is 5.92 Å². The molecule has 1 heterocycles. The Labute approximate surface area is 133 Å². The minimum Gasteiger partial charge on any atom is -0.319 e. The molecule has 1 unspecified atom stereocenters. The molecule has 2 nitrogen and oxygen atoms in total. The lowest BCUT2D eigenvalue weighted by Gasteiger charge is -2.32. The third-order valence-corrected chi connectivity index (χ3v) is 4.32. The zero-order valence-electron chi connectivity index (χ0n) is 12.7. The van der Waals surface area contributed by atoms with Crippen molar-refractivity contribution in [3.63, 3.8) is 0 Å². The SMILES string of the molecule is CNCC1CCCN(Cc2ccc3ccccc3c2)C1.Cl. The van der Waals surface area contributed by atoms with Gasteiger partial charge in [-0.1, -0.05) is 36.4 Å². The highest BCUT2D eigenvalue weighted by atomic mass is 35.5. The van der Waals surface area contributed by atoms with Crippen molar-refractivity contribution >= 4 is 23.2 Å². The number of nitrogens with one attached hydrogen (secondary N) is 1. The fraction of sp³-hybridized carbons (Fsp3) is 0.444. The number of halogens is 1. The van der Waals surface area contributed by atoms with E-state index in [0.29, 0.717) is 0 Å². The molecule has 2 aromatic rings. The molecule has 0 amide bonds. The number of piperidine rings is 1. The van der Waals surface area contributed by atoms with Gasteiger partial charge in [-0.15, -0.1) is 12.4 Å². The molecule has 0 spiro atoms. The van der Waals surface area contributed by atoms with E-state index in [0.717, 1.165) is 19.0 Å². The van der Waals surface area contributed by atoms with Gasteiger partial charge in [0.1, 0.15) is 0 Å². The molecule has 114 valence electrons. The summed E-state index contributed by atoms with van der Waals surface area (Å²) in [5.41, 5.74) is 1.44. The molecule has 1 fully saturated rings. The molecule has 0 aliphatic carbocycles. The first kappa shape index (κ1) is 16.3. The lowest BCUT2D eigenvalue weighted by atomic mass is 9.97. The monoisotopic (exact) mass is 304 g/mol. The average molecular weight is 305 g/mol. The Hall–Kier alpha value is -1.09. The topological polar surface area (TPSA) is 15.3 Å². The van der Waals surface area contributed by atoms with Gasteiger partial charge in [-0.25, -0.2) is 0 Å². The van der Waals surface area contributed by atoms with E-state index in [2.05, 4.69) is 59.7 Å². The van der Waals surface area contributed by atoms with Crippen LogP contribution < -0.4 is 5.32 Å². The summed E-state index contributed by atoms with van der Waals surface area (Å²) in [4.78, 5) is 2.61. The van der Waals surface area contributed by atoms with Crippen molar-refractivity contribution in [1.82, 2.24) is 10.2 Å². The van der Waals surface area contributed by atoms with Gasteiger partial charge in [0.05, 0.1) is 0 Å². The van der Waals surface area contributed by atoms with Gasteiger partial charge in [0.25, 0.3) is 0 Å². The fourth-order valence-electron chi connectivity index (χ4n) is 3.35. The van der Waals surface area contributed by atoms with Crippen LogP contribution in [-0.4, -0.2) is 31.6 Å².